The van der Waals surface area contributed by atoms with Crippen molar-refractivity contribution in [1.29, 1.82) is 0 Å². The molecule has 1 aromatic heterocycles. The van der Waals surface area contributed by atoms with Gasteiger partial charge in [-0.2, -0.15) is 9.78 Å². The summed E-state index contributed by atoms with van der Waals surface area (Å²) in [5.41, 5.74) is 1.69. The molecule has 1 aliphatic heterocycles. The molecule has 0 saturated carbocycles. The summed E-state index contributed by atoms with van der Waals surface area (Å²) in [6.45, 7) is 1.02. The minimum atomic E-state index is -0.422. The molecule has 0 radical (unpaired) electrons. The molecule has 1 fully saturated rings. The lowest BCUT2D eigenvalue weighted by Crippen LogP contribution is -2.39. The summed E-state index contributed by atoms with van der Waals surface area (Å²) in [7, 11) is 0. The van der Waals surface area contributed by atoms with Crippen molar-refractivity contribution in [3.63, 3.8) is 0 Å². The second-order valence-corrected chi connectivity index (χ2v) is 8.07. The summed E-state index contributed by atoms with van der Waals surface area (Å²) >= 11 is 0. The van der Waals surface area contributed by atoms with Crippen molar-refractivity contribution in [3.05, 3.63) is 95.9 Å². The minimum Gasteiger partial charge on any atom is -0.410 e. The number of fused-ring (bicyclic) bond motifs is 1. The number of hydrogen-bond acceptors (Lipinski definition) is 4. The molecule has 0 unspecified atom stereocenters. The summed E-state index contributed by atoms with van der Waals surface area (Å²) < 4.78 is 20.8. The van der Waals surface area contributed by atoms with Gasteiger partial charge < -0.3 is 9.64 Å². The van der Waals surface area contributed by atoms with Crippen LogP contribution in [0.1, 0.15) is 34.8 Å². The largest absolute Gasteiger partial charge is 0.415 e. The Morgan fingerprint density at radius 1 is 0.909 bits per heavy atom. The van der Waals surface area contributed by atoms with Gasteiger partial charge in [0.05, 0.1) is 11.2 Å². The first-order valence-corrected chi connectivity index (χ1v) is 10.9. The number of ether oxygens (including phenoxy) is 1. The lowest BCUT2D eigenvalue weighted by molar-refractivity contribution is 0.0949. The Balaban J connectivity index is 1.37. The molecule has 0 spiro atoms. The fourth-order valence-electron chi connectivity index (χ4n) is 4.26. The lowest BCUT2D eigenvalue weighted by atomic mass is 9.92. The van der Waals surface area contributed by atoms with Crippen LogP contribution in [0.15, 0.2) is 78.9 Å². The van der Waals surface area contributed by atoms with E-state index in [1.807, 2.05) is 24.3 Å². The average molecular weight is 443 g/mol. The Morgan fingerprint density at radius 2 is 1.58 bits per heavy atom. The first-order valence-electron chi connectivity index (χ1n) is 10.9. The zero-order valence-corrected chi connectivity index (χ0v) is 17.9. The van der Waals surface area contributed by atoms with E-state index in [1.54, 1.807) is 47.4 Å². The highest BCUT2D eigenvalue weighted by atomic mass is 19.1. The van der Waals surface area contributed by atoms with Crippen LogP contribution in [0.5, 0.6) is 5.75 Å². The molecule has 5 rings (SSSR count). The number of likely N-dealkylation sites (tertiary alicyclic amines) is 1. The van der Waals surface area contributed by atoms with Gasteiger partial charge >= 0.3 is 6.09 Å². The van der Waals surface area contributed by atoms with Gasteiger partial charge in [-0.25, -0.2) is 9.18 Å². The third kappa shape index (κ3) is 4.22. The van der Waals surface area contributed by atoms with Crippen molar-refractivity contribution >= 4 is 22.9 Å². The van der Waals surface area contributed by atoms with E-state index in [1.165, 1.54) is 16.8 Å². The summed E-state index contributed by atoms with van der Waals surface area (Å²) in [4.78, 5) is 27.3. The van der Waals surface area contributed by atoms with E-state index in [2.05, 4.69) is 5.10 Å². The van der Waals surface area contributed by atoms with E-state index >= 15 is 0 Å². The van der Waals surface area contributed by atoms with Crippen LogP contribution in [-0.2, 0) is 0 Å². The van der Waals surface area contributed by atoms with E-state index in [0.29, 0.717) is 42.8 Å². The maximum atomic E-state index is 14.0. The normalized spacial score (nSPS) is 14.4. The molecule has 1 saturated heterocycles. The van der Waals surface area contributed by atoms with Crippen LogP contribution < -0.4 is 4.74 Å². The molecule has 1 amide bonds. The standard InChI is InChI=1S/C26H22FN3O3/c27-20-11-12-22-23(17-20)30(25(31)19-7-3-1-4-8-19)28-24(22)18-13-15-29(16-14-18)26(32)33-21-9-5-2-6-10-21/h1-12,17-18H,13-16H2. The van der Waals surface area contributed by atoms with Crippen LogP contribution in [-0.4, -0.2) is 39.8 Å². The molecule has 6 nitrogen and oxygen atoms in total. The van der Waals surface area contributed by atoms with Crippen LogP contribution in [0, 0.1) is 5.82 Å². The summed E-state index contributed by atoms with van der Waals surface area (Å²) in [5, 5.41) is 5.39. The number of hydrogen-bond donors (Lipinski definition) is 0. The maximum Gasteiger partial charge on any atom is 0.415 e. The van der Waals surface area contributed by atoms with Crippen molar-refractivity contribution in [2.24, 2.45) is 0 Å². The quantitative estimate of drug-likeness (QED) is 0.434. The smallest absolute Gasteiger partial charge is 0.410 e. The molecule has 2 heterocycles. The topological polar surface area (TPSA) is 64.4 Å². The van der Waals surface area contributed by atoms with Crippen molar-refractivity contribution in [2.45, 2.75) is 18.8 Å². The van der Waals surface area contributed by atoms with Gasteiger partial charge in [-0.1, -0.05) is 36.4 Å². The van der Waals surface area contributed by atoms with Gasteiger partial charge in [0.15, 0.2) is 0 Å². The number of para-hydroxylation sites is 1. The van der Waals surface area contributed by atoms with E-state index in [4.69, 9.17) is 4.74 Å². The molecule has 166 valence electrons. The van der Waals surface area contributed by atoms with Crippen molar-refractivity contribution in [3.8, 4) is 5.75 Å². The highest BCUT2D eigenvalue weighted by Crippen LogP contribution is 2.33. The molecule has 0 N–H and O–H groups in total. The summed E-state index contributed by atoms with van der Waals surface area (Å²) in [5.74, 6) is -0.171. The van der Waals surface area contributed by atoms with E-state index in [0.717, 1.165) is 11.1 Å². The van der Waals surface area contributed by atoms with Crippen molar-refractivity contribution in [2.75, 3.05) is 13.1 Å². The number of aromatic nitrogens is 2. The molecule has 0 atom stereocenters. The Hall–Kier alpha value is -4.00. The highest BCUT2D eigenvalue weighted by Gasteiger charge is 2.29. The maximum absolute atomic E-state index is 14.0. The predicted octanol–water partition coefficient (Wildman–Crippen LogP) is 5.24. The van der Waals surface area contributed by atoms with Crippen LogP contribution in [0.25, 0.3) is 10.9 Å². The number of carbonyl (C=O) groups is 2. The fourth-order valence-corrected chi connectivity index (χ4v) is 4.26. The molecule has 0 bridgehead atoms. The first-order chi connectivity index (χ1) is 16.1. The molecule has 33 heavy (non-hydrogen) atoms. The van der Waals surface area contributed by atoms with Crippen LogP contribution in [0.4, 0.5) is 9.18 Å². The third-order valence-corrected chi connectivity index (χ3v) is 5.97. The number of benzene rings is 3. The molecule has 7 heteroatoms. The number of carbonyl (C=O) groups excluding carboxylic acids is 2. The Bertz CT molecular complexity index is 1300. The minimum absolute atomic E-state index is 0.0450. The SMILES string of the molecule is O=C(Oc1ccccc1)N1CCC(c2nn(C(=O)c3ccccc3)c3cc(F)ccc23)CC1. The van der Waals surface area contributed by atoms with Crippen LogP contribution in [0.3, 0.4) is 0 Å². The Labute approximate surface area is 190 Å². The molecule has 3 aromatic carbocycles. The molecule has 0 aliphatic carbocycles. The Kier molecular flexibility index (Phi) is 5.60. The molecule has 4 aromatic rings. The molecule has 1 aliphatic rings. The van der Waals surface area contributed by atoms with Gasteiger partial charge in [0.25, 0.3) is 5.91 Å². The second kappa shape index (κ2) is 8.86. The average Bonchev–Trinajstić information content (AvgIpc) is 3.23. The van der Waals surface area contributed by atoms with Gasteiger partial charge in [0, 0.05) is 36.0 Å². The van der Waals surface area contributed by atoms with E-state index in [-0.39, 0.29) is 17.9 Å². The second-order valence-electron chi connectivity index (χ2n) is 8.07. The highest BCUT2D eigenvalue weighted by molar-refractivity contribution is 6.01. The van der Waals surface area contributed by atoms with Gasteiger partial charge in [-0.15, -0.1) is 0 Å². The summed E-state index contributed by atoms with van der Waals surface area (Å²) in [6, 6.07) is 22.2. The number of halogens is 1. The zero-order chi connectivity index (χ0) is 22.8. The third-order valence-electron chi connectivity index (χ3n) is 5.97. The number of rotatable bonds is 3. The predicted molar refractivity (Wildman–Crippen MR) is 122 cm³/mol. The van der Waals surface area contributed by atoms with Crippen LogP contribution >= 0.6 is 0 Å². The monoisotopic (exact) mass is 443 g/mol. The van der Waals surface area contributed by atoms with Crippen molar-refractivity contribution < 1.29 is 18.7 Å². The van der Waals surface area contributed by atoms with E-state index in [9.17, 15) is 14.0 Å². The van der Waals surface area contributed by atoms with Gasteiger partial charge in [-0.05, 0) is 49.2 Å². The van der Waals surface area contributed by atoms with E-state index < -0.39 is 5.82 Å². The fraction of sp³-hybridized carbons (Fsp3) is 0.192. The van der Waals surface area contributed by atoms with Gasteiger partial charge in [0.1, 0.15) is 11.6 Å². The molecular formula is C26H22FN3O3. The molecular weight excluding hydrogens is 421 g/mol. The summed E-state index contributed by atoms with van der Waals surface area (Å²) in [6.07, 6.45) is 0.969. The van der Waals surface area contributed by atoms with Crippen LogP contribution in [0.2, 0.25) is 0 Å². The van der Waals surface area contributed by atoms with Gasteiger partial charge in [0.2, 0.25) is 0 Å². The van der Waals surface area contributed by atoms with Crippen molar-refractivity contribution in [1.82, 2.24) is 14.7 Å². The lowest BCUT2D eigenvalue weighted by Gasteiger charge is -2.30. The zero-order valence-electron chi connectivity index (χ0n) is 17.9. The number of nitrogens with zero attached hydrogens (tertiary/aromatic N) is 3. The number of piperidine rings is 1. The number of amides is 1. The van der Waals surface area contributed by atoms with Gasteiger partial charge in [-0.3, -0.25) is 4.79 Å². The first kappa shape index (κ1) is 20.9. The Morgan fingerprint density at radius 3 is 2.27 bits per heavy atom.